The maximum absolute atomic E-state index is 12.0. The molecular weight excluding hydrogens is 396 g/mol. The molecule has 1 fully saturated rings. The van der Waals surface area contributed by atoms with E-state index in [1.807, 2.05) is 30.6 Å². The Labute approximate surface area is 179 Å². The highest BCUT2D eigenvalue weighted by atomic mass is 32.2. The molecule has 0 radical (unpaired) electrons. The molecule has 0 bridgehead atoms. The Morgan fingerprint density at radius 2 is 1.93 bits per heavy atom. The van der Waals surface area contributed by atoms with E-state index in [4.69, 9.17) is 9.72 Å². The van der Waals surface area contributed by atoms with Crippen LogP contribution in [-0.4, -0.2) is 35.8 Å². The van der Waals surface area contributed by atoms with Gasteiger partial charge in [-0.3, -0.25) is 9.88 Å². The van der Waals surface area contributed by atoms with Crippen molar-refractivity contribution in [2.45, 2.75) is 23.7 Å². The predicted octanol–water partition coefficient (Wildman–Crippen LogP) is 4.29. The van der Waals surface area contributed by atoms with Crippen LogP contribution in [-0.2, 0) is 23.5 Å². The van der Waals surface area contributed by atoms with E-state index in [0.717, 1.165) is 41.8 Å². The number of aromatic nitrogens is 2. The van der Waals surface area contributed by atoms with Gasteiger partial charge in [0.1, 0.15) is 17.5 Å². The minimum Gasteiger partial charge on any atom is -0.447 e. The maximum Gasteiger partial charge on any atom is 0.414 e. The lowest BCUT2D eigenvalue weighted by Gasteiger charge is -2.32. The number of hydrogen-bond acceptors (Lipinski definition) is 6. The summed E-state index contributed by atoms with van der Waals surface area (Å²) in [6.07, 6.45) is 4.27. The third kappa shape index (κ3) is 3.85. The molecule has 1 aromatic heterocycles. The summed E-state index contributed by atoms with van der Waals surface area (Å²) < 4.78 is 5.13. The Kier molecular flexibility index (Phi) is 5.27. The monoisotopic (exact) mass is 418 g/mol. The van der Waals surface area contributed by atoms with Gasteiger partial charge in [0, 0.05) is 18.8 Å². The first-order valence-corrected chi connectivity index (χ1v) is 11.1. The lowest BCUT2D eigenvalue weighted by molar-refractivity contribution is 0.181. The van der Waals surface area contributed by atoms with Gasteiger partial charge in [-0.2, -0.15) is 0 Å². The standard InChI is InChI=1S/C23H22N4O2S/c28-23-27(11-12-29-23)20-8-4-7-18-15-26(10-9-19(18)20)21-13-24-14-22(25-21)30-16-17-5-2-1-3-6-17/h1-8,13-14H,9-12,15-16H2. The third-order valence-electron chi connectivity index (χ3n) is 5.45. The Hall–Kier alpha value is -3.06. The molecule has 3 aromatic rings. The fourth-order valence-electron chi connectivity index (χ4n) is 3.94. The summed E-state index contributed by atoms with van der Waals surface area (Å²) in [5.41, 5.74) is 4.71. The van der Waals surface area contributed by atoms with Gasteiger partial charge in [-0.05, 0) is 29.2 Å². The summed E-state index contributed by atoms with van der Waals surface area (Å²) in [6, 6.07) is 16.6. The molecule has 0 aliphatic carbocycles. The van der Waals surface area contributed by atoms with E-state index in [1.165, 1.54) is 16.7 Å². The summed E-state index contributed by atoms with van der Waals surface area (Å²) in [6.45, 7) is 2.67. The number of ether oxygens (including phenoxy) is 1. The normalized spacial score (nSPS) is 15.8. The number of carbonyl (C=O) groups excluding carboxylic acids is 1. The molecule has 0 saturated carbocycles. The van der Waals surface area contributed by atoms with Crippen molar-refractivity contribution in [3.8, 4) is 0 Å². The molecule has 2 aliphatic rings. The smallest absolute Gasteiger partial charge is 0.414 e. The molecule has 1 saturated heterocycles. The van der Waals surface area contributed by atoms with Crippen molar-refractivity contribution in [3.05, 3.63) is 77.6 Å². The predicted molar refractivity (Wildman–Crippen MR) is 118 cm³/mol. The zero-order valence-electron chi connectivity index (χ0n) is 16.5. The zero-order chi connectivity index (χ0) is 20.3. The molecule has 2 aromatic carbocycles. The van der Waals surface area contributed by atoms with Gasteiger partial charge in [-0.15, -0.1) is 11.8 Å². The number of cyclic esters (lactones) is 1. The Morgan fingerprint density at radius 1 is 1.03 bits per heavy atom. The van der Waals surface area contributed by atoms with Crippen molar-refractivity contribution in [2.24, 2.45) is 0 Å². The molecule has 5 rings (SSSR count). The molecule has 3 heterocycles. The third-order valence-corrected chi connectivity index (χ3v) is 6.42. The van der Waals surface area contributed by atoms with Gasteiger partial charge in [-0.1, -0.05) is 42.5 Å². The highest BCUT2D eigenvalue weighted by molar-refractivity contribution is 7.98. The second kappa shape index (κ2) is 8.36. The molecule has 1 amide bonds. The van der Waals surface area contributed by atoms with Crippen molar-refractivity contribution in [2.75, 3.05) is 29.5 Å². The number of fused-ring (bicyclic) bond motifs is 1. The quantitative estimate of drug-likeness (QED) is 0.576. The van der Waals surface area contributed by atoms with Crippen LogP contribution in [0.1, 0.15) is 16.7 Å². The number of hydrogen-bond donors (Lipinski definition) is 0. The van der Waals surface area contributed by atoms with E-state index < -0.39 is 0 Å². The highest BCUT2D eigenvalue weighted by Crippen LogP contribution is 2.32. The summed E-state index contributed by atoms with van der Waals surface area (Å²) >= 11 is 1.70. The number of benzene rings is 2. The molecule has 0 N–H and O–H groups in total. The van der Waals surface area contributed by atoms with E-state index in [9.17, 15) is 4.79 Å². The molecule has 0 unspecified atom stereocenters. The van der Waals surface area contributed by atoms with Gasteiger partial charge >= 0.3 is 6.09 Å². The van der Waals surface area contributed by atoms with Crippen LogP contribution in [0.25, 0.3) is 0 Å². The fourth-order valence-corrected chi connectivity index (χ4v) is 4.74. The van der Waals surface area contributed by atoms with Crippen molar-refractivity contribution >= 4 is 29.4 Å². The van der Waals surface area contributed by atoms with Crippen LogP contribution in [0.5, 0.6) is 0 Å². The summed E-state index contributed by atoms with van der Waals surface area (Å²) in [5, 5.41) is 0.927. The van der Waals surface area contributed by atoms with Crippen LogP contribution in [0.15, 0.2) is 66.0 Å². The van der Waals surface area contributed by atoms with Crippen LogP contribution in [0.3, 0.4) is 0 Å². The number of amides is 1. The fraction of sp³-hybridized carbons (Fsp3) is 0.261. The van der Waals surface area contributed by atoms with Crippen molar-refractivity contribution < 1.29 is 9.53 Å². The van der Waals surface area contributed by atoms with E-state index >= 15 is 0 Å². The Balaban J connectivity index is 1.32. The number of thioether (sulfide) groups is 1. The molecule has 6 nitrogen and oxygen atoms in total. The minimum absolute atomic E-state index is 0.250. The molecular formula is C23H22N4O2S. The van der Waals surface area contributed by atoms with Crippen molar-refractivity contribution in [3.63, 3.8) is 0 Å². The van der Waals surface area contributed by atoms with Crippen LogP contribution < -0.4 is 9.80 Å². The van der Waals surface area contributed by atoms with E-state index in [-0.39, 0.29) is 6.09 Å². The number of carbonyl (C=O) groups is 1. The molecule has 0 atom stereocenters. The Bertz CT molecular complexity index is 1060. The van der Waals surface area contributed by atoms with Crippen LogP contribution in [0.4, 0.5) is 16.3 Å². The van der Waals surface area contributed by atoms with Crippen LogP contribution in [0.2, 0.25) is 0 Å². The van der Waals surface area contributed by atoms with E-state index in [0.29, 0.717) is 13.2 Å². The first-order valence-electron chi connectivity index (χ1n) is 10.1. The molecule has 30 heavy (non-hydrogen) atoms. The lowest BCUT2D eigenvalue weighted by Crippen LogP contribution is -2.33. The highest BCUT2D eigenvalue weighted by Gasteiger charge is 2.28. The molecule has 2 aliphatic heterocycles. The molecule has 0 spiro atoms. The Morgan fingerprint density at radius 3 is 2.77 bits per heavy atom. The molecule has 152 valence electrons. The van der Waals surface area contributed by atoms with Gasteiger partial charge in [-0.25, -0.2) is 9.78 Å². The summed E-state index contributed by atoms with van der Waals surface area (Å²) in [5.74, 6) is 1.77. The zero-order valence-corrected chi connectivity index (χ0v) is 17.3. The second-order valence-electron chi connectivity index (χ2n) is 7.34. The van der Waals surface area contributed by atoms with Crippen LogP contribution in [0, 0.1) is 0 Å². The first-order chi connectivity index (χ1) is 14.8. The SMILES string of the molecule is O=C1OCCN1c1cccc2c1CCN(c1cncc(SCc3ccccc3)n1)C2. The van der Waals surface area contributed by atoms with E-state index in [1.54, 1.807) is 16.7 Å². The number of anilines is 2. The maximum atomic E-state index is 12.0. The second-order valence-corrected chi connectivity index (χ2v) is 8.34. The van der Waals surface area contributed by atoms with Gasteiger partial charge in [0.2, 0.25) is 0 Å². The first kappa shape index (κ1) is 18.9. The number of nitrogens with zero attached hydrogens (tertiary/aromatic N) is 4. The molecule has 7 heteroatoms. The lowest BCUT2D eigenvalue weighted by atomic mass is 9.97. The van der Waals surface area contributed by atoms with Gasteiger partial charge in [0.25, 0.3) is 0 Å². The summed E-state index contributed by atoms with van der Waals surface area (Å²) in [4.78, 5) is 25.3. The largest absolute Gasteiger partial charge is 0.447 e. The summed E-state index contributed by atoms with van der Waals surface area (Å²) in [7, 11) is 0. The van der Waals surface area contributed by atoms with Gasteiger partial charge in [0.05, 0.1) is 24.6 Å². The van der Waals surface area contributed by atoms with Gasteiger partial charge in [0.15, 0.2) is 0 Å². The number of rotatable bonds is 5. The average Bonchev–Trinajstić information content (AvgIpc) is 3.23. The van der Waals surface area contributed by atoms with Gasteiger partial charge < -0.3 is 9.64 Å². The topological polar surface area (TPSA) is 58.6 Å². The van der Waals surface area contributed by atoms with E-state index in [2.05, 4.69) is 40.2 Å². The van der Waals surface area contributed by atoms with Crippen molar-refractivity contribution in [1.82, 2.24) is 9.97 Å². The van der Waals surface area contributed by atoms with Crippen LogP contribution >= 0.6 is 11.8 Å². The minimum atomic E-state index is -0.250. The van der Waals surface area contributed by atoms with Crippen molar-refractivity contribution in [1.29, 1.82) is 0 Å². The average molecular weight is 419 g/mol.